The fraction of sp³-hybridized carbons (Fsp3) is 0.692. The van der Waals surface area contributed by atoms with Gasteiger partial charge in [-0.25, -0.2) is 9.97 Å². The highest BCUT2D eigenvalue weighted by atomic mass is 14.9. The van der Waals surface area contributed by atoms with Crippen LogP contribution in [0.3, 0.4) is 0 Å². The lowest BCUT2D eigenvalue weighted by Gasteiger charge is -2.25. The fourth-order valence-electron chi connectivity index (χ4n) is 2.64. The number of hydrogen-bond acceptors (Lipinski definition) is 3. The van der Waals surface area contributed by atoms with Gasteiger partial charge in [0.05, 0.1) is 0 Å². The number of rotatable bonds is 2. The first kappa shape index (κ1) is 11.5. The molecule has 1 N–H and O–H groups in total. The van der Waals surface area contributed by atoms with Crippen LogP contribution in [0.15, 0.2) is 0 Å². The zero-order valence-electron chi connectivity index (χ0n) is 10.5. The summed E-state index contributed by atoms with van der Waals surface area (Å²) < 4.78 is 0. The Morgan fingerprint density at radius 3 is 2.44 bits per heavy atom. The molecule has 3 nitrogen and oxygen atoms in total. The summed E-state index contributed by atoms with van der Waals surface area (Å²) in [6, 6.07) is 0. The molecular weight excluding hydrogens is 198 g/mol. The molecule has 88 valence electrons. The third kappa shape index (κ3) is 2.24. The monoisotopic (exact) mass is 219 g/mol. The average Bonchev–Trinajstić information content (AvgIpc) is 2.29. The van der Waals surface area contributed by atoms with Crippen LogP contribution in [-0.4, -0.2) is 23.1 Å². The van der Waals surface area contributed by atoms with Gasteiger partial charge in [0, 0.05) is 24.4 Å². The van der Waals surface area contributed by atoms with E-state index in [0.29, 0.717) is 5.92 Å². The summed E-state index contributed by atoms with van der Waals surface area (Å²) >= 11 is 0. The molecule has 1 aliphatic heterocycles. The molecule has 0 amide bonds. The van der Waals surface area contributed by atoms with Crippen LogP contribution in [0.4, 0.5) is 0 Å². The maximum absolute atomic E-state index is 4.59. The maximum atomic E-state index is 4.59. The lowest BCUT2D eigenvalue weighted by atomic mass is 9.89. The SMILES string of the molecule is CCc1nc(C)c(C2CCCNC2)c(C)n1. The van der Waals surface area contributed by atoms with Crippen molar-refractivity contribution in [2.75, 3.05) is 13.1 Å². The van der Waals surface area contributed by atoms with Gasteiger partial charge in [0.2, 0.25) is 0 Å². The first-order chi connectivity index (χ1) is 7.72. The molecule has 0 bridgehead atoms. The molecule has 1 saturated heterocycles. The lowest BCUT2D eigenvalue weighted by Crippen LogP contribution is -2.29. The Morgan fingerprint density at radius 1 is 1.25 bits per heavy atom. The van der Waals surface area contributed by atoms with E-state index in [1.54, 1.807) is 0 Å². The highest BCUT2D eigenvalue weighted by Crippen LogP contribution is 2.27. The highest BCUT2D eigenvalue weighted by molar-refractivity contribution is 5.29. The first-order valence-corrected chi connectivity index (χ1v) is 6.27. The molecule has 3 heteroatoms. The fourth-order valence-corrected chi connectivity index (χ4v) is 2.64. The largest absolute Gasteiger partial charge is 0.316 e. The van der Waals surface area contributed by atoms with Gasteiger partial charge in [-0.05, 0) is 44.7 Å². The van der Waals surface area contributed by atoms with E-state index in [0.717, 1.165) is 25.3 Å². The molecule has 0 spiro atoms. The van der Waals surface area contributed by atoms with Crippen LogP contribution in [-0.2, 0) is 6.42 Å². The van der Waals surface area contributed by atoms with Crippen molar-refractivity contribution in [1.29, 1.82) is 0 Å². The molecule has 1 aliphatic rings. The van der Waals surface area contributed by atoms with Crippen molar-refractivity contribution >= 4 is 0 Å². The lowest BCUT2D eigenvalue weighted by molar-refractivity contribution is 0.456. The number of aryl methyl sites for hydroxylation is 3. The number of piperidine rings is 1. The third-order valence-corrected chi connectivity index (χ3v) is 3.39. The molecule has 0 aromatic carbocycles. The van der Waals surface area contributed by atoms with E-state index < -0.39 is 0 Å². The Hall–Kier alpha value is -0.960. The van der Waals surface area contributed by atoms with E-state index >= 15 is 0 Å². The summed E-state index contributed by atoms with van der Waals surface area (Å²) in [4.78, 5) is 9.18. The van der Waals surface area contributed by atoms with Gasteiger partial charge in [0.15, 0.2) is 0 Å². The molecule has 2 heterocycles. The molecule has 1 aromatic heterocycles. The van der Waals surface area contributed by atoms with E-state index in [2.05, 4.69) is 36.1 Å². The van der Waals surface area contributed by atoms with Gasteiger partial charge >= 0.3 is 0 Å². The quantitative estimate of drug-likeness (QED) is 0.828. The Labute approximate surface area is 97.7 Å². The molecule has 0 saturated carbocycles. The Kier molecular flexibility index (Phi) is 3.54. The normalized spacial score (nSPS) is 21.1. The third-order valence-electron chi connectivity index (χ3n) is 3.39. The van der Waals surface area contributed by atoms with Crippen LogP contribution >= 0.6 is 0 Å². The second-order valence-corrected chi connectivity index (χ2v) is 4.62. The summed E-state index contributed by atoms with van der Waals surface area (Å²) in [5, 5.41) is 3.46. The second kappa shape index (κ2) is 4.91. The van der Waals surface area contributed by atoms with E-state index in [1.165, 1.54) is 29.8 Å². The van der Waals surface area contributed by atoms with Crippen LogP contribution in [0, 0.1) is 13.8 Å². The van der Waals surface area contributed by atoms with Crippen LogP contribution < -0.4 is 5.32 Å². The maximum Gasteiger partial charge on any atom is 0.128 e. The van der Waals surface area contributed by atoms with Crippen LogP contribution in [0.25, 0.3) is 0 Å². The molecule has 1 unspecified atom stereocenters. The standard InChI is InChI=1S/C13H21N3/c1-4-12-15-9(2)13(10(3)16-12)11-6-5-7-14-8-11/h11,14H,4-8H2,1-3H3. The van der Waals surface area contributed by atoms with E-state index in [4.69, 9.17) is 0 Å². The van der Waals surface area contributed by atoms with Crippen molar-refractivity contribution in [3.05, 3.63) is 22.8 Å². The summed E-state index contributed by atoms with van der Waals surface area (Å²) in [5.74, 6) is 1.59. The van der Waals surface area contributed by atoms with Gasteiger partial charge in [0.1, 0.15) is 5.82 Å². The molecule has 2 rings (SSSR count). The van der Waals surface area contributed by atoms with Gasteiger partial charge in [-0.3, -0.25) is 0 Å². The van der Waals surface area contributed by atoms with Gasteiger partial charge in [-0.2, -0.15) is 0 Å². The van der Waals surface area contributed by atoms with Crippen molar-refractivity contribution in [1.82, 2.24) is 15.3 Å². The topological polar surface area (TPSA) is 37.8 Å². The van der Waals surface area contributed by atoms with Crippen LogP contribution in [0.2, 0.25) is 0 Å². The zero-order chi connectivity index (χ0) is 11.5. The van der Waals surface area contributed by atoms with Gasteiger partial charge in [0.25, 0.3) is 0 Å². The Balaban J connectivity index is 2.32. The van der Waals surface area contributed by atoms with E-state index in [1.807, 2.05) is 0 Å². The first-order valence-electron chi connectivity index (χ1n) is 6.27. The van der Waals surface area contributed by atoms with Crippen molar-refractivity contribution in [2.45, 2.75) is 46.0 Å². The summed E-state index contributed by atoms with van der Waals surface area (Å²) in [6.07, 6.45) is 3.45. The van der Waals surface area contributed by atoms with Crippen LogP contribution in [0.5, 0.6) is 0 Å². The molecule has 1 atom stereocenters. The van der Waals surface area contributed by atoms with Gasteiger partial charge in [-0.15, -0.1) is 0 Å². The van der Waals surface area contributed by atoms with Crippen LogP contribution in [0.1, 0.15) is 48.5 Å². The molecule has 1 fully saturated rings. The predicted octanol–water partition coefficient (Wildman–Crippen LogP) is 2.12. The minimum atomic E-state index is 0.611. The van der Waals surface area contributed by atoms with Crippen molar-refractivity contribution in [3.63, 3.8) is 0 Å². The van der Waals surface area contributed by atoms with Crippen molar-refractivity contribution in [2.24, 2.45) is 0 Å². The molecule has 0 radical (unpaired) electrons. The number of hydrogen-bond donors (Lipinski definition) is 1. The zero-order valence-corrected chi connectivity index (χ0v) is 10.5. The number of nitrogens with zero attached hydrogens (tertiary/aromatic N) is 2. The summed E-state index contributed by atoms with van der Waals surface area (Å²) in [7, 11) is 0. The minimum absolute atomic E-state index is 0.611. The Bertz CT molecular complexity index is 344. The summed E-state index contributed by atoms with van der Waals surface area (Å²) in [5.41, 5.74) is 3.74. The summed E-state index contributed by atoms with van der Waals surface area (Å²) in [6.45, 7) is 8.59. The van der Waals surface area contributed by atoms with E-state index in [-0.39, 0.29) is 0 Å². The van der Waals surface area contributed by atoms with Crippen molar-refractivity contribution in [3.8, 4) is 0 Å². The predicted molar refractivity (Wildman–Crippen MR) is 65.7 cm³/mol. The number of aromatic nitrogens is 2. The Morgan fingerprint density at radius 2 is 1.94 bits per heavy atom. The minimum Gasteiger partial charge on any atom is -0.316 e. The van der Waals surface area contributed by atoms with Gasteiger partial charge < -0.3 is 5.32 Å². The number of nitrogens with one attached hydrogen (secondary N) is 1. The van der Waals surface area contributed by atoms with E-state index in [9.17, 15) is 0 Å². The van der Waals surface area contributed by atoms with Crippen molar-refractivity contribution < 1.29 is 0 Å². The molecule has 16 heavy (non-hydrogen) atoms. The second-order valence-electron chi connectivity index (χ2n) is 4.62. The van der Waals surface area contributed by atoms with Gasteiger partial charge in [-0.1, -0.05) is 6.92 Å². The molecule has 0 aliphatic carbocycles. The highest BCUT2D eigenvalue weighted by Gasteiger charge is 2.20. The molecule has 1 aromatic rings. The average molecular weight is 219 g/mol. The smallest absolute Gasteiger partial charge is 0.128 e. The molecular formula is C13H21N3.